The third-order valence-corrected chi connectivity index (χ3v) is 7.79. The van der Waals surface area contributed by atoms with E-state index in [1.807, 2.05) is 12.1 Å². The zero-order valence-corrected chi connectivity index (χ0v) is 19.3. The van der Waals surface area contributed by atoms with Gasteiger partial charge in [-0.3, -0.25) is 14.0 Å². The van der Waals surface area contributed by atoms with Crippen molar-refractivity contribution < 1.29 is 17.9 Å². The van der Waals surface area contributed by atoms with Crippen LogP contribution in [-0.4, -0.2) is 50.7 Å². The number of anilines is 1. The van der Waals surface area contributed by atoms with Gasteiger partial charge in [0.25, 0.3) is 5.91 Å². The van der Waals surface area contributed by atoms with Gasteiger partial charge in [-0.15, -0.1) is 0 Å². The summed E-state index contributed by atoms with van der Waals surface area (Å²) in [5.41, 5.74) is 2.73. The average Bonchev–Trinajstić information content (AvgIpc) is 2.82. The van der Waals surface area contributed by atoms with Gasteiger partial charge in [0.05, 0.1) is 18.0 Å². The lowest BCUT2D eigenvalue weighted by molar-refractivity contribution is -0.127. The zero-order chi connectivity index (χ0) is 22.6. The fraction of sp³-hybridized carbons (Fsp3) is 0.458. The van der Waals surface area contributed by atoms with Gasteiger partial charge >= 0.3 is 0 Å². The molecule has 1 unspecified atom stereocenters. The highest BCUT2D eigenvalue weighted by Crippen LogP contribution is 2.35. The number of hydrogen-bond donors (Lipinski definition) is 1. The molecule has 1 atom stereocenters. The van der Waals surface area contributed by atoms with Crippen molar-refractivity contribution >= 4 is 21.6 Å². The minimum absolute atomic E-state index is 0.0337. The van der Waals surface area contributed by atoms with E-state index in [1.54, 1.807) is 31.2 Å². The number of nitrogens with one attached hydrogen (secondary N) is 1. The molecule has 1 fully saturated rings. The average molecular weight is 458 g/mol. The second kappa shape index (κ2) is 9.92. The van der Waals surface area contributed by atoms with Gasteiger partial charge in [-0.2, -0.15) is 0 Å². The van der Waals surface area contributed by atoms with E-state index in [0.717, 1.165) is 25.2 Å². The van der Waals surface area contributed by atoms with Gasteiger partial charge < -0.3 is 10.1 Å². The number of piperidine rings is 1. The van der Waals surface area contributed by atoms with Gasteiger partial charge in [0.15, 0.2) is 6.10 Å². The lowest BCUT2D eigenvalue weighted by atomic mass is 10.1. The van der Waals surface area contributed by atoms with Crippen LogP contribution in [0.2, 0.25) is 0 Å². The number of ether oxygens (including phenoxy) is 1. The minimum Gasteiger partial charge on any atom is -0.476 e. The molecule has 0 spiro atoms. The Bertz CT molecular complexity index is 1050. The summed E-state index contributed by atoms with van der Waals surface area (Å²) in [5, 5.41) is 2.92. The Morgan fingerprint density at radius 3 is 2.59 bits per heavy atom. The highest BCUT2D eigenvalue weighted by Gasteiger charge is 2.35. The van der Waals surface area contributed by atoms with E-state index in [4.69, 9.17) is 4.74 Å². The Kier molecular flexibility index (Phi) is 7.01. The molecule has 4 rings (SSSR count). The van der Waals surface area contributed by atoms with Gasteiger partial charge in [0.2, 0.25) is 10.0 Å². The largest absolute Gasteiger partial charge is 0.476 e. The van der Waals surface area contributed by atoms with Crippen LogP contribution in [0, 0.1) is 0 Å². The molecule has 2 aliphatic rings. The third kappa shape index (κ3) is 5.24. The number of sulfonamides is 1. The van der Waals surface area contributed by atoms with Crippen LogP contribution in [-0.2, 0) is 27.9 Å². The number of carbonyl (C=O) groups excluding carboxylic acids is 1. The van der Waals surface area contributed by atoms with E-state index in [-0.39, 0.29) is 18.2 Å². The van der Waals surface area contributed by atoms with E-state index in [9.17, 15) is 13.2 Å². The molecule has 2 heterocycles. The predicted octanol–water partition coefficient (Wildman–Crippen LogP) is 2.91. The van der Waals surface area contributed by atoms with Crippen molar-refractivity contribution in [3.63, 3.8) is 0 Å². The van der Waals surface area contributed by atoms with Crippen LogP contribution in [0.25, 0.3) is 0 Å². The van der Waals surface area contributed by atoms with Crippen molar-refractivity contribution in [2.24, 2.45) is 0 Å². The Balaban J connectivity index is 1.40. The van der Waals surface area contributed by atoms with Gasteiger partial charge in [-0.05, 0) is 56.1 Å². The van der Waals surface area contributed by atoms with Crippen LogP contribution in [0.4, 0.5) is 5.69 Å². The van der Waals surface area contributed by atoms with Gasteiger partial charge in [-0.1, -0.05) is 42.8 Å². The molecular weight excluding hydrogens is 426 g/mol. The third-order valence-electron chi connectivity index (χ3n) is 6.04. The number of likely N-dealkylation sites (tertiary alicyclic amines) is 1. The van der Waals surface area contributed by atoms with E-state index in [0.29, 0.717) is 18.0 Å². The van der Waals surface area contributed by atoms with Crippen LogP contribution in [0.3, 0.4) is 0 Å². The van der Waals surface area contributed by atoms with Crippen molar-refractivity contribution in [2.75, 3.05) is 29.7 Å². The molecule has 1 amide bonds. The summed E-state index contributed by atoms with van der Waals surface area (Å²) >= 11 is 0. The van der Waals surface area contributed by atoms with Crippen LogP contribution in [0.15, 0.2) is 48.5 Å². The molecule has 32 heavy (non-hydrogen) atoms. The molecule has 0 saturated carbocycles. The van der Waals surface area contributed by atoms with Crippen LogP contribution in [0.5, 0.6) is 5.75 Å². The summed E-state index contributed by atoms with van der Waals surface area (Å²) in [6, 6.07) is 15.2. The fourth-order valence-electron chi connectivity index (χ4n) is 4.27. The summed E-state index contributed by atoms with van der Waals surface area (Å²) in [6.07, 6.45) is 2.92. The van der Waals surface area contributed by atoms with Crippen molar-refractivity contribution in [1.82, 2.24) is 10.2 Å². The molecule has 2 aromatic rings. The monoisotopic (exact) mass is 457 g/mol. The van der Waals surface area contributed by atoms with Gasteiger partial charge in [0.1, 0.15) is 5.75 Å². The highest BCUT2D eigenvalue weighted by atomic mass is 32.2. The molecule has 0 aliphatic carbocycles. The number of fused-ring (bicyclic) bond motifs is 1. The second-order valence-electron chi connectivity index (χ2n) is 8.38. The van der Waals surface area contributed by atoms with Gasteiger partial charge in [0, 0.05) is 13.1 Å². The van der Waals surface area contributed by atoms with Crippen LogP contribution in [0.1, 0.15) is 37.3 Å². The smallest absolute Gasteiger partial charge is 0.263 e. The lowest BCUT2D eigenvalue weighted by Gasteiger charge is -2.34. The van der Waals surface area contributed by atoms with Crippen LogP contribution >= 0.6 is 0 Å². The number of carbonyl (C=O) groups is 1. The first kappa shape index (κ1) is 22.6. The van der Waals surface area contributed by atoms with Crippen molar-refractivity contribution in [1.29, 1.82) is 0 Å². The summed E-state index contributed by atoms with van der Waals surface area (Å²) in [5.74, 6) is 0.0381. The number of para-hydroxylation sites is 2. The fourth-order valence-corrected chi connectivity index (χ4v) is 5.40. The lowest BCUT2D eigenvalue weighted by Crippen LogP contribution is -2.50. The van der Waals surface area contributed by atoms with E-state index < -0.39 is 16.1 Å². The predicted molar refractivity (Wildman–Crippen MR) is 125 cm³/mol. The molecule has 1 saturated heterocycles. The summed E-state index contributed by atoms with van der Waals surface area (Å²) in [7, 11) is -3.52. The quantitative estimate of drug-likeness (QED) is 0.692. The first-order valence-corrected chi connectivity index (χ1v) is 12.9. The summed E-state index contributed by atoms with van der Waals surface area (Å²) in [6.45, 7) is 5.13. The molecule has 0 radical (unpaired) electrons. The normalized spacial score (nSPS) is 19.2. The van der Waals surface area contributed by atoms with Crippen molar-refractivity contribution in [2.45, 2.75) is 45.4 Å². The molecule has 0 aromatic heterocycles. The van der Waals surface area contributed by atoms with E-state index >= 15 is 0 Å². The molecule has 7 nitrogen and oxygen atoms in total. The number of nitrogens with zero attached hydrogens (tertiary/aromatic N) is 2. The van der Waals surface area contributed by atoms with Crippen LogP contribution < -0.4 is 14.4 Å². The Hall–Kier alpha value is -2.58. The molecule has 2 aromatic carbocycles. The van der Waals surface area contributed by atoms with Crippen molar-refractivity contribution in [3.05, 3.63) is 59.7 Å². The zero-order valence-electron chi connectivity index (χ0n) is 18.5. The Morgan fingerprint density at radius 2 is 1.81 bits per heavy atom. The summed E-state index contributed by atoms with van der Waals surface area (Å²) < 4.78 is 32.3. The second-order valence-corrected chi connectivity index (χ2v) is 10.6. The number of amides is 1. The number of hydrogen-bond acceptors (Lipinski definition) is 5. The molecular formula is C24H31N3O4S. The molecule has 172 valence electrons. The first-order valence-electron chi connectivity index (χ1n) is 11.3. The molecule has 0 bridgehead atoms. The van der Waals surface area contributed by atoms with E-state index in [1.165, 1.54) is 29.1 Å². The minimum atomic E-state index is -3.52. The van der Waals surface area contributed by atoms with Gasteiger partial charge in [-0.25, -0.2) is 8.42 Å². The maximum atomic E-state index is 12.9. The number of benzene rings is 2. The topological polar surface area (TPSA) is 79.0 Å². The highest BCUT2D eigenvalue weighted by molar-refractivity contribution is 7.92. The molecule has 8 heteroatoms. The first-order chi connectivity index (χ1) is 15.5. The Labute approximate surface area is 190 Å². The maximum absolute atomic E-state index is 12.9. The summed E-state index contributed by atoms with van der Waals surface area (Å²) in [4.78, 5) is 15.3. The van der Waals surface area contributed by atoms with Crippen molar-refractivity contribution in [3.8, 4) is 5.75 Å². The maximum Gasteiger partial charge on any atom is 0.263 e. The SMILES string of the molecule is CCS(=O)(=O)N1CC(C(=O)NCc2cccc(CN3CCCCC3)c2)Oc2ccccc21. The number of rotatable bonds is 7. The Morgan fingerprint density at radius 1 is 1.06 bits per heavy atom. The molecule has 2 aliphatic heterocycles. The van der Waals surface area contributed by atoms with E-state index in [2.05, 4.69) is 22.3 Å². The molecule has 1 N–H and O–H groups in total. The standard InChI is InChI=1S/C24H31N3O4S/c1-2-32(29,30)27-18-23(31-22-12-5-4-11-21(22)27)24(28)25-16-19-9-8-10-20(15-19)17-26-13-6-3-7-14-26/h4-5,8-12,15,23H,2-3,6-7,13-14,16-18H2,1H3,(H,25,28).